The summed E-state index contributed by atoms with van der Waals surface area (Å²) in [6.45, 7) is 10.2. The molecule has 3 aromatic rings. The van der Waals surface area contributed by atoms with E-state index in [1.165, 1.54) is 16.0 Å². The maximum absolute atomic E-state index is 14.2. The van der Waals surface area contributed by atoms with E-state index in [2.05, 4.69) is 32.2 Å². The first kappa shape index (κ1) is 32.8. The Morgan fingerprint density at radius 2 is 1.66 bits per heavy atom. The minimum atomic E-state index is -1.00. The molecule has 7 nitrogen and oxygen atoms in total. The van der Waals surface area contributed by atoms with Crippen molar-refractivity contribution in [2.75, 3.05) is 10.2 Å². The number of nitrogens with one attached hydrogen (secondary N) is 1. The molecule has 8 heteroatoms. The number of phenols is 1. The summed E-state index contributed by atoms with van der Waals surface area (Å²) < 4.78 is 6.24. The molecule has 2 amide bonds. The lowest BCUT2D eigenvalue weighted by molar-refractivity contribution is -0.122. The quantitative estimate of drug-likeness (QED) is 0.126. The van der Waals surface area contributed by atoms with Crippen LogP contribution in [0.1, 0.15) is 63.1 Å². The van der Waals surface area contributed by atoms with E-state index in [0.29, 0.717) is 30.6 Å². The monoisotopic (exact) mass is 632 g/mol. The van der Waals surface area contributed by atoms with E-state index >= 15 is 0 Å². The maximum Gasteiger partial charge on any atom is 0.455 e. The predicted octanol–water partition coefficient (Wildman–Crippen LogP) is 7.98. The summed E-state index contributed by atoms with van der Waals surface area (Å²) in [4.78, 5) is 29.5. The van der Waals surface area contributed by atoms with Crippen LogP contribution in [-0.4, -0.2) is 35.2 Å². The van der Waals surface area contributed by atoms with Crippen molar-refractivity contribution < 1.29 is 24.4 Å². The van der Waals surface area contributed by atoms with Crippen molar-refractivity contribution in [2.24, 2.45) is 23.7 Å². The van der Waals surface area contributed by atoms with Gasteiger partial charge in [-0.1, -0.05) is 56.2 Å². The van der Waals surface area contributed by atoms with Crippen LogP contribution >= 0.6 is 0 Å². The van der Waals surface area contributed by atoms with Gasteiger partial charge in [0.15, 0.2) is 0 Å². The zero-order valence-corrected chi connectivity index (χ0v) is 28.0. The van der Waals surface area contributed by atoms with E-state index in [4.69, 9.17) is 4.65 Å². The third-order valence-corrected chi connectivity index (χ3v) is 10.2. The standard InChI is InChI=1S/C39H45BN2O5/c1-6-26(20-27-18-24(4)37(43)25(5)19-27)12-17-34-35-31(23(2)3)21-32-36(33(35)22-40(46)47-34)39(45)42(38(32)44)30-15-13-29(14-16-30)41-28-10-8-7-9-11-28/h7-11,13-16,18-20,23,32-34,36,41,43,46H,6,12,17,21-22H2,1-5H3/b26-20+/t32-,33+,34-,36-/m1/s1. The van der Waals surface area contributed by atoms with Gasteiger partial charge in [0.2, 0.25) is 11.8 Å². The highest BCUT2D eigenvalue weighted by Gasteiger charge is 2.57. The number of imide groups is 1. The van der Waals surface area contributed by atoms with Crippen LogP contribution in [0.5, 0.6) is 5.75 Å². The second kappa shape index (κ2) is 13.5. The number of benzene rings is 3. The molecule has 4 atom stereocenters. The highest BCUT2D eigenvalue weighted by atomic mass is 16.5. The van der Waals surface area contributed by atoms with Crippen molar-refractivity contribution in [3.63, 3.8) is 0 Å². The summed E-state index contributed by atoms with van der Waals surface area (Å²) >= 11 is 0. The molecule has 3 aromatic carbocycles. The van der Waals surface area contributed by atoms with Crippen molar-refractivity contribution in [3.05, 3.63) is 100 Å². The van der Waals surface area contributed by atoms with Crippen LogP contribution in [-0.2, 0) is 14.2 Å². The molecule has 3 N–H and O–H groups in total. The van der Waals surface area contributed by atoms with Crippen LogP contribution in [0.15, 0.2) is 83.4 Å². The van der Waals surface area contributed by atoms with Gasteiger partial charge in [-0.15, -0.1) is 0 Å². The number of para-hydroxylation sites is 1. The molecule has 0 spiro atoms. The molecule has 47 heavy (non-hydrogen) atoms. The first-order chi connectivity index (χ1) is 22.5. The second-order valence-corrected chi connectivity index (χ2v) is 13.6. The molecule has 0 bridgehead atoms. The number of aryl methyl sites for hydroxylation is 2. The van der Waals surface area contributed by atoms with E-state index in [1.807, 2.05) is 80.6 Å². The zero-order chi connectivity index (χ0) is 33.4. The lowest BCUT2D eigenvalue weighted by Crippen LogP contribution is -2.46. The SMILES string of the molecule is CC/C(=C\c1cc(C)c(O)c(C)c1)CC[C@H]1OB(O)C[C@H]2C1=C(C(C)C)C[C@H]1C(=O)N(c3ccc(Nc4ccccc4)cc3)C(=O)[C@H]12. The van der Waals surface area contributed by atoms with Crippen LogP contribution in [0.3, 0.4) is 0 Å². The number of amides is 2. The van der Waals surface area contributed by atoms with Crippen molar-refractivity contribution in [2.45, 2.75) is 72.7 Å². The Morgan fingerprint density at radius 3 is 2.30 bits per heavy atom. The smallest absolute Gasteiger partial charge is 0.455 e. The number of hydrogen-bond acceptors (Lipinski definition) is 6. The Bertz CT molecular complexity index is 1690. The topological polar surface area (TPSA) is 99.1 Å². The summed E-state index contributed by atoms with van der Waals surface area (Å²) in [6, 6.07) is 21.3. The molecule has 0 saturated carbocycles. The van der Waals surface area contributed by atoms with Gasteiger partial charge in [-0.05, 0) is 128 Å². The number of nitrogens with zero attached hydrogens (tertiary/aromatic N) is 1. The summed E-state index contributed by atoms with van der Waals surface area (Å²) in [5.41, 5.74) is 8.70. The third-order valence-electron chi connectivity index (χ3n) is 10.2. The molecular formula is C39H45BN2O5. The molecule has 0 unspecified atom stereocenters. The van der Waals surface area contributed by atoms with Crippen molar-refractivity contribution in [1.82, 2.24) is 0 Å². The zero-order valence-electron chi connectivity index (χ0n) is 28.0. The molecule has 6 rings (SSSR count). The summed E-state index contributed by atoms with van der Waals surface area (Å²) in [7, 11) is -1.00. The molecule has 0 aromatic heterocycles. The Kier molecular flexibility index (Phi) is 9.44. The fourth-order valence-corrected chi connectivity index (χ4v) is 7.86. The Hall–Kier alpha value is -4.14. The van der Waals surface area contributed by atoms with Crippen LogP contribution in [0, 0.1) is 37.5 Å². The van der Waals surface area contributed by atoms with Gasteiger partial charge < -0.3 is 20.1 Å². The molecule has 2 heterocycles. The molecule has 3 aliphatic rings. The fourth-order valence-electron chi connectivity index (χ4n) is 7.86. The van der Waals surface area contributed by atoms with E-state index in [0.717, 1.165) is 46.5 Å². The van der Waals surface area contributed by atoms with E-state index in [1.54, 1.807) is 0 Å². The number of fused-ring (bicyclic) bond motifs is 3. The number of aromatic hydroxyl groups is 1. The van der Waals surface area contributed by atoms with Gasteiger partial charge in [0.1, 0.15) is 5.75 Å². The van der Waals surface area contributed by atoms with Gasteiger partial charge in [-0.3, -0.25) is 14.5 Å². The fraction of sp³-hybridized carbons (Fsp3) is 0.385. The third kappa shape index (κ3) is 6.54. The minimum absolute atomic E-state index is 0.158. The average molecular weight is 633 g/mol. The molecule has 2 saturated heterocycles. The first-order valence-corrected chi connectivity index (χ1v) is 16.9. The highest BCUT2D eigenvalue weighted by Crippen LogP contribution is 2.52. The van der Waals surface area contributed by atoms with Crippen molar-refractivity contribution in [3.8, 4) is 5.75 Å². The van der Waals surface area contributed by atoms with E-state index in [9.17, 15) is 19.7 Å². The first-order valence-electron chi connectivity index (χ1n) is 16.9. The van der Waals surface area contributed by atoms with Gasteiger partial charge in [0, 0.05) is 11.4 Å². The van der Waals surface area contributed by atoms with E-state index < -0.39 is 19.0 Å². The van der Waals surface area contributed by atoms with Crippen molar-refractivity contribution >= 4 is 42.1 Å². The molecule has 2 aliphatic heterocycles. The highest BCUT2D eigenvalue weighted by molar-refractivity contribution is 6.43. The minimum Gasteiger partial charge on any atom is -0.507 e. The van der Waals surface area contributed by atoms with Gasteiger partial charge >= 0.3 is 7.12 Å². The maximum atomic E-state index is 14.2. The summed E-state index contributed by atoms with van der Waals surface area (Å²) in [6.07, 6.45) is 4.99. The number of carbonyl (C=O) groups excluding carboxylic acids is 2. The molecular weight excluding hydrogens is 587 g/mol. The number of hydrogen-bond donors (Lipinski definition) is 3. The average Bonchev–Trinajstić information content (AvgIpc) is 3.31. The number of rotatable bonds is 9. The number of carbonyl (C=O) groups is 2. The van der Waals surface area contributed by atoms with Gasteiger partial charge in [-0.2, -0.15) is 0 Å². The van der Waals surface area contributed by atoms with Crippen LogP contribution in [0.2, 0.25) is 6.32 Å². The predicted molar refractivity (Wildman–Crippen MR) is 188 cm³/mol. The van der Waals surface area contributed by atoms with Crippen molar-refractivity contribution in [1.29, 1.82) is 0 Å². The lowest BCUT2D eigenvalue weighted by Gasteiger charge is -2.44. The van der Waals surface area contributed by atoms with Gasteiger partial charge in [0.25, 0.3) is 0 Å². The number of phenolic OH excluding ortho intramolecular Hbond substituents is 1. The van der Waals surface area contributed by atoms with Crippen LogP contribution in [0.4, 0.5) is 17.1 Å². The number of anilines is 3. The number of allylic oxidation sites excluding steroid dienone is 2. The molecule has 244 valence electrons. The summed E-state index contributed by atoms with van der Waals surface area (Å²) in [5.74, 6) is -1.06. The normalized spacial score (nSPS) is 23.0. The second-order valence-electron chi connectivity index (χ2n) is 13.6. The Morgan fingerprint density at radius 1 is 1.00 bits per heavy atom. The Labute approximate surface area is 278 Å². The van der Waals surface area contributed by atoms with E-state index in [-0.39, 0.29) is 29.8 Å². The molecule has 1 aliphatic carbocycles. The molecule has 2 fully saturated rings. The lowest BCUT2D eigenvalue weighted by atomic mass is 9.57. The van der Waals surface area contributed by atoms with Crippen LogP contribution in [0.25, 0.3) is 6.08 Å². The van der Waals surface area contributed by atoms with Gasteiger partial charge in [0.05, 0.1) is 23.6 Å². The van der Waals surface area contributed by atoms with Gasteiger partial charge in [-0.25, -0.2) is 0 Å². The largest absolute Gasteiger partial charge is 0.507 e. The Balaban J connectivity index is 1.25. The summed E-state index contributed by atoms with van der Waals surface area (Å²) in [5, 5.41) is 24.6. The molecule has 0 radical (unpaired) electrons. The van der Waals surface area contributed by atoms with Crippen LogP contribution < -0.4 is 10.2 Å².